The molecule has 1 aromatic rings. The minimum absolute atomic E-state index is 0.157. The summed E-state index contributed by atoms with van der Waals surface area (Å²) in [6.07, 6.45) is -5.49. The molecule has 0 amide bonds. The Labute approximate surface area is 174 Å². The monoisotopic (exact) mass is 561 g/mol. The summed E-state index contributed by atoms with van der Waals surface area (Å²) in [6.45, 7) is -1.03. The van der Waals surface area contributed by atoms with E-state index in [1.807, 2.05) is 0 Å². The zero-order chi connectivity index (χ0) is 23.1. The molecule has 0 aliphatic carbocycles. The van der Waals surface area contributed by atoms with Crippen LogP contribution in [0.5, 0.6) is 0 Å². The highest BCUT2D eigenvalue weighted by molar-refractivity contribution is 9.10. The molecular formula is C9H15BrN3O14P3. The van der Waals surface area contributed by atoms with Crippen molar-refractivity contribution in [2.45, 2.75) is 24.5 Å². The van der Waals surface area contributed by atoms with Crippen molar-refractivity contribution in [2.24, 2.45) is 0 Å². The van der Waals surface area contributed by atoms with Gasteiger partial charge in [-0.05, 0) is 15.9 Å². The van der Waals surface area contributed by atoms with Gasteiger partial charge in [0.15, 0.2) is 6.23 Å². The standard InChI is InChI=1S/C9H15BrN3O14P3/c10-3-1-13(9(16)12-7(3)11)8-6(15)5(14)4(25-8)2-24-29(20,21)27-30(22,23)26-28(17,18)19/h1,4-6,8,14-15H,2H2,(H,20,21)(H,22,23)(H2,11,12,16)(H2,17,18,19)/t4-,5?,6+,8-/m1/s1. The molecule has 0 saturated carbocycles. The summed E-state index contributed by atoms with van der Waals surface area (Å²) in [7, 11) is -16.8. The molecule has 2 rings (SSSR count). The fraction of sp³-hybridized carbons (Fsp3) is 0.556. The highest BCUT2D eigenvalue weighted by atomic mass is 79.9. The number of ether oxygens (including phenoxy) is 1. The van der Waals surface area contributed by atoms with Crippen molar-refractivity contribution < 1.29 is 61.4 Å². The topological polar surface area (TPSA) is 270 Å². The highest BCUT2D eigenvalue weighted by Gasteiger charge is 2.46. The van der Waals surface area contributed by atoms with Gasteiger partial charge in [0, 0.05) is 6.20 Å². The fourth-order valence-electron chi connectivity index (χ4n) is 2.21. The first kappa shape index (κ1) is 25.7. The van der Waals surface area contributed by atoms with Gasteiger partial charge < -0.3 is 40.3 Å². The summed E-state index contributed by atoms with van der Waals surface area (Å²) in [6, 6.07) is 0. The second kappa shape index (κ2) is 9.13. The average Bonchev–Trinajstić information content (AvgIpc) is 2.81. The second-order valence-electron chi connectivity index (χ2n) is 5.60. The maximum absolute atomic E-state index is 11.9. The van der Waals surface area contributed by atoms with Gasteiger partial charge in [-0.25, -0.2) is 18.5 Å². The van der Waals surface area contributed by atoms with E-state index in [9.17, 15) is 33.6 Å². The van der Waals surface area contributed by atoms with Crippen molar-refractivity contribution >= 4 is 45.2 Å². The zero-order valence-electron chi connectivity index (χ0n) is 14.2. The van der Waals surface area contributed by atoms with E-state index >= 15 is 0 Å². The van der Waals surface area contributed by atoms with Crippen molar-refractivity contribution in [2.75, 3.05) is 12.3 Å². The van der Waals surface area contributed by atoms with Gasteiger partial charge in [-0.3, -0.25) is 9.09 Å². The molecule has 8 N–H and O–H groups in total. The molecule has 30 heavy (non-hydrogen) atoms. The lowest BCUT2D eigenvalue weighted by atomic mass is 10.1. The van der Waals surface area contributed by atoms with Crippen molar-refractivity contribution in [1.29, 1.82) is 0 Å². The summed E-state index contributed by atoms with van der Waals surface area (Å²) in [5.41, 5.74) is 4.48. The maximum Gasteiger partial charge on any atom is 0.490 e. The molecule has 1 aromatic heterocycles. The molecule has 6 atom stereocenters. The van der Waals surface area contributed by atoms with Crippen molar-refractivity contribution in [3.63, 3.8) is 0 Å². The number of aliphatic hydroxyl groups is 2. The minimum Gasteiger partial charge on any atom is -0.387 e. The zero-order valence-corrected chi connectivity index (χ0v) is 18.5. The first-order valence-electron chi connectivity index (χ1n) is 7.35. The molecule has 1 aliphatic heterocycles. The number of phosphoric acid groups is 3. The first-order valence-corrected chi connectivity index (χ1v) is 12.7. The third kappa shape index (κ3) is 6.72. The number of aliphatic hydroxyl groups excluding tert-OH is 2. The Kier molecular flexibility index (Phi) is 7.83. The Bertz CT molecular complexity index is 997. The Hall–Kier alpha value is -0.550. The van der Waals surface area contributed by atoms with Crippen LogP contribution in [-0.4, -0.2) is 64.3 Å². The molecule has 1 saturated heterocycles. The van der Waals surface area contributed by atoms with Crippen LogP contribution in [0, 0.1) is 0 Å². The van der Waals surface area contributed by atoms with Gasteiger partial charge in [-0.2, -0.15) is 13.6 Å². The smallest absolute Gasteiger partial charge is 0.387 e. The Morgan fingerprint density at radius 3 is 2.30 bits per heavy atom. The molecule has 21 heteroatoms. The van der Waals surface area contributed by atoms with E-state index in [2.05, 4.69) is 34.1 Å². The molecule has 0 spiro atoms. The number of rotatable bonds is 8. The molecule has 0 aromatic carbocycles. The van der Waals surface area contributed by atoms with Gasteiger partial charge in [0.1, 0.15) is 24.1 Å². The van der Waals surface area contributed by atoms with Crippen molar-refractivity contribution in [3.8, 4) is 0 Å². The largest absolute Gasteiger partial charge is 0.490 e. The minimum atomic E-state index is -5.73. The lowest BCUT2D eigenvalue weighted by Gasteiger charge is -2.19. The lowest BCUT2D eigenvalue weighted by molar-refractivity contribution is -0.0542. The van der Waals surface area contributed by atoms with E-state index in [1.54, 1.807) is 0 Å². The number of nitrogens with two attached hydrogens (primary N) is 1. The van der Waals surface area contributed by atoms with Crippen molar-refractivity contribution in [1.82, 2.24) is 9.55 Å². The first-order chi connectivity index (χ1) is 13.5. The van der Waals surface area contributed by atoms with Gasteiger partial charge in [0.05, 0.1) is 11.1 Å². The fourth-order valence-corrected chi connectivity index (χ4v) is 5.55. The van der Waals surface area contributed by atoms with Gasteiger partial charge in [-0.15, -0.1) is 0 Å². The number of hydrogen-bond donors (Lipinski definition) is 7. The van der Waals surface area contributed by atoms with Gasteiger partial charge in [0.25, 0.3) is 0 Å². The summed E-state index contributed by atoms with van der Waals surface area (Å²) in [5.74, 6) is -0.159. The van der Waals surface area contributed by atoms with Crippen LogP contribution in [0.1, 0.15) is 6.23 Å². The third-order valence-electron chi connectivity index (χ3n) is 3.36. The molecule has 1 fully saturated rings. The SMILES string of the molecule is Nc1nc(=O)n([C@@H]2O[C@H](COP(=O)(O)OP(=O)(O)OP(=O)(O)O)C(O)[C@@H]2O)cc1Br. The van der Waals surface area contributed by atoms with E-state index in [0.29, 0.717) is 0 Å². The van der Waals surface area contributed by atoms with Crippen LogP contribution < -0.4 is 11.4 Å². The summed E-state index contributed by atoms with van der Waals surface area (Å²) in [5, 5.41) is 20.1. The number of halogens is 1. The van der Waals surface area contributed by atoms with E-state index in [0.717, 1.165) is 10.8 Å². The number of aromatic nitrogens is 2. The van der Waals surface area contributed by atoms with Crippen LogP contribution in [-0.2, 0) is 31.6 Å². The van der Waals surface area contributed by atoms with Crippen LogP contribution in [0.4, 0.5) is 5.82 Å². The van der Waals surface area contributed by atoms with Crippen LogP contribution >= 0.6 is 39.4 Å². The third-order valence-corrected chi connectivity index (χ3v) is 7.78. The number of anilines is 1. The number of nitrogens with zero attached hydrogens (tertiary/aromatic N) is 2. The normalized spacial score (nSPS) is 28.8. The quantitative estimate of drug-likeness (QED) is 0.179. The Balaban J connectivity index is 2.09. The number of phosphoric ester groups is 1. The molecular weight excluding hydrogens is 547 g/mol. The van der Waals surface area contributed by atoms with Gasteiger partial charge in [-0.1, -0.05) is 0 Å². The Morgan fingerprint density at radius 1 is 1.13 bits per heavy atom. The van der Waals surface area contributed by atoms with Crippen LogP contribution in [0.25, 0.3) is 0 Å². The van der Waals surface area contributed by atoms with Gasteiger partial charge >= 0.3 is 29.2 Å². The van der Waals surface area contributed by atoms with E-state index in [4.69, 9.17) is 25.2 Å². The summed E-state index contributed by atoms with van der Waals surface area (Å²) >= 11 is 3.01. The van der Waals surface area contributed by atoms with Crippen LogP contribution in [0.2, 0.25) is 0 Å². The molecule has 172 valence electrons. The molecule has 3 unspecified atom stereocenters. The average molecular weight is 562 g/mol. The van der Waals surface area contributed by atoms with E-state index < -0.39 is 60.3 Å². The maximum atomic E-state index is 11.9. The van der Waals surface area contributed by atoms with Gasteiger partial charge in [0.2, 0.25) is 0 Å². The van der Waals surface area contributed by atoms with Crippen LogP contribution in [0.15, 0.2) is 15.5 Å². The molecule has 0 bridgehead atoms. The van der Waals surface area contributed by atoms with Crippen molar-refractivity contribution in [3.05, 3.63) is 21.2 Å². The molecule has 17 nitrogen and oxygen atoms in total. The summed E-state index contributed by atoms with van der Waals surface area (Å²) < 4.78 is 51.1. The predicted molar refractivity (Wildman–Crippen MR) is 96.3 cm³/mol. The molecule has 2 heterocycles. The predicted octanol–water partition coefficient (Wildman–Crippen LogP) is -1.45. The number of hydrogen-bond acceptors (Lipinski definition) is 12. The molecule has 0 radical (unpaired) electrons. The Morgan fingerprint density at radius 2 is 1.73 bits per heavy atom. The summed E-state index contributed by atoms with van der Waals surface area (Å²) in [4.78, 5) is 50.8. The highest BCUT2D eigenvalue weighted by Crippen LogP contribution is 2.66. The lowest BCUT2D eigenvalue weighted by Crippen LogP contribution is -2.36. The van der Waals surface area contributed by atoms with Crippen LogP contribution in [0.3, 0.4) is 0 Å². The van der Waals surface area contributed by atoms with E-state index in [-0.39, 0.29) is 10.3 Å². The second-order valence-corrected chi connectivity index (χ2v) is 10.9. The molecule has 1 aliphatic rings. The number of nitrogen functional groups attached to an aromatic ring is 1. The van der Waals surface area contributed by atoms with E-state index in [1.165, 1.54) is 0 Å².